The highest BCUT2D eigenvalue weighted by Crippen LogP contribution is 2.19. The highest BCUT2D eigenvalue weighted by Gasteiger charge is 2.03. The lowest BCUT2D eigenvalue weighted by Crippen LogP contribution is -2.05. The van der Waals surface area contributed by atoms with E-state index in [9.17, 15) is 4.79 Å². The molecule has 1 atom stereocenters. The number of unbranched alkanes of at least 4 members (excludes halogenated alkanes) is 16. The van der Waals surface area contributed by atoms with Gasteiger partial charge in [0.2, 0.25) is 0 Å². The summed E-state index contributed by atoms with van der Waals surface area (Å²) in [6, 6.07) is 0. The Morgan fingerprint density at radius 2 is 1.03 bits per heavy atom. The first-order valence-corrected chi connectivity index (χ1v) is 13.4. The van der Waals surface area contributed by atoms with Gasteiger partial charge in [0.15, 0.2) is 0 Å². The molecule has 0 aliphatic carbocycles. The quantitative estimate of drug-likeness (QED) is 0.0930. The van der Waals surface area contributed by atoms with Crippen molar-refractivity contribution in [2.75, 3.05) is 6.61 Å². The molecular formula is C28H54O2. The Bertz CT molecular complexity index is 388. The zero-order valence-corrected chi connectivity index (χ0v) is 21.0. The third-order valence-corrected chi connectivity index (χ3v) is 6.22. The first-order valence-electron chi connectivity index (χ1n) is 13.4. The van der Waals surface area contributed by atoms with Gasteiger partial charge in [0.05, 0.1) is 6.61 Å². The molecule has 0 bridgehead atoms. The minimum absolute atomic E-state index is 0.253. The minimum atomic E-state index is -0.253. The predicted octanol–water partition coefficient (Wildman–Crippen LogP) is 9.56. The zero-order valence-electron chi connectivity index (χ0n) is 21.0. The number of rotatable bonds is 23. The van der Waals surface area contributed by atoms with Crippen LogP contribution in [-0.4, -0.2) is 12.6 Å². The van der Waals surface area contributed by atoms with Crippen LogP contribution in [0.4, 0.5) is 0 Å². The minimum Gasteiger partial charge on any atom is -0.462 e. The van der Waals surface area contributed by atoms with Gasteiger partial charge in [0.1, 0.15) is 0 Å². The molecule has 0 radical (unpaired) electrons. The third kappa shape index (κ3) is 21.9. The van der Waals surface area contributed by atoms with Crippen LogP contribution in [-0.2, 0) is 9.53 Å². The summed E-state index contributed by atoms with van der Waals surface area (Å²) in [5, 5.41) is 0. The molecule has 178 valence electrons. The zero-order chi connectivity index (χ0) is 22.3. The van der Waals surface area contributed by atoms with Gasteiger partial charge < -0.3 is 4.74 Å². The van der Waals surface area contributed by atoms with Crippen molar-refractivity contribution in [2.24, 2.45) is 5.92 Å². The summed E-state index contributed by atoms with van der Waals surface area (Å²) in [6.07, 6.45) is 27.6. The molecule has 0 spiro atoms. The van der Waals surface area contributed by atoms with Crippen LogP contribution in [0.1, 0.15) is 149 Å². The molecule has 0 saturated carbocycles. The van der Waals surface area contributed by atoms with Gasteiger partial charge in [-0.2, -0.15) is 0 Å². The molecule has 0 rings (SSSR count). The summed E-state index contributed by atoms with van der Waals surface area (Å²) in [7, 11) is 0. The van der Waals surface area contributed by atoms with Gasteiger partial charge in [-0.15, -0.1) is 0 Å². The Labute approximate surface area is 189 Å². The van der Waals surface area contributed by atoms with Crippen LogP contribution in [0.5, 0.6) is 0 Å². The van der Waals surface area contributed by atoms with E-state index >= 15 is 0 Å². The molecule has 0 aromatic carbocycles. The predicted molar refractivity (Wildman–Crippen MR) is 133 cm³/mol. The second-order valence-electron chi connectivity index (χ2n) is 9.61. The van der Waals surface area contributed by atoms with E-state index in [-0.39, 0.29) is 5.97 Å². The molecule has 2 heteroatoms. The Morgan fingerprint density at radius 3 is 1.43 bits per heavy atom. The fourth-order valence-electron chi connectivity index (χ4n) is 4.07. The van der Waals surface area contributed by atoms with Crippen LogP contribution in [0, 0.1) is 5.92 Å². The topological polar surface area (TPSA) is 26.3 Å². The summed E-state index contributed by atoms with van der Waals surface area (Å²) in [6.45, 7) is 10.6. The second-order valence-corrected chi connectivity index (χ2v) is 9.61. The maximum absolute atomic E-state index is 11.3. The van der Waals surface area contributed by atoms with Crippen molar-refractivity contribution >= 4 is 5.97 Å². The van der Waals surface area contributed by atoms with E-state index in [4.69, 9.17) is 4.74 Å². The van der Waals surface area contributed by atoms with Crippen LogP contribution in [0.2, 0.25) is 0 Å². The molecule has 0 amide bonds. The van der Waals surface area contributed by atoms with Crippen molar-refractivity contribution in [3.63, 3.8) is 0 Å². The number of ether oxygens (including phenoxy) is 1. The van der Waals surface area contributed by atoms with E-state index in [1.165, 1.54) is 116 Å². The third-order valence-electron chi connectivity index (χ3n) is 6.22. The lowest BCUT2D eigenvalue weighted by molar-refractivity contribution is -0.139. The number of hydrogen-bond donors (Lipinski definition) is 0. The molecule has 0 aliphatic heterocycles. The van der Waals surface area contributed by atoms with Crippen molar-refractivity contribution in [3.8, 4) is 0 Å². The van der Waals surface area contributed by atoms with E-state index in [2.05, 4.69) is 20.4 Å². The normalized spacial score (nSPS) is 12.1. The molecule has 0 saturated heterocycles. The van der Waals surface area contributed by atoms with E-state index in [1.807, 2.05) is 0 Å². The van der Waals surface area contributed by atoms with Gasteiger partial charge in [-0.3, -0.25) is 0 Å². The monoisotopic (exact) mass is 422 g/mol. The first-order chi connectivity index (χ1) is 14.6. The molecule has 0 aromatic heterocycles. The van der Waals surface area contributed by atoms with Crippen LogP contribution in [0.3, 0.4) is 0 Å². The first kappa shape index (κ1) is 29.2. The molecule has 0 fully saturated rings. The smallest absolute Gasteiger partial charge is 0.333 e. The van der Waals surface area contributed by atoms with Gasteiger partial charge in [-0.1, -0.05) is 142 Å². The van der Waals surface area contributed by atoms with E-state index < -0.39 is 0 Å². The Balaban J connectivity index is 3.21. The van der Waals surface area contributed by atoms with Crippen molar-refractivity contribution in [1.82, 2.24) is 0 Å². The van der Waals surface area contributed by atoms with Gasteiger partial charge in [-0.25, -0.2) is 4.79 Å². The molecule has 0 aromatic rings. The van der Waals surface area contributed by atoms with Crippen LogP contribution >= 0.6 is 0 Å². The van der Waals surface area contributed by atoms with Crippen molar-refractivity contribution in [1.29, 1.82) is 0 Å². The highest BCUT2D eigenvalue weighted by atomic mass is 16.5. The summed E-state index contributed by atoms with van der Waals surface area (Å²) in [5.74, 6) is 0.645. The lowest BCUT2D eigenvalue weighted by Gasteiger charge is -2.11. The summed E-state index contributed by atoms with van der Waals surface area (Å²) < 4.78 is 5.12. The number of hydrogen-bond acceptors (Lipinski definition) is 2. The Hall–Kier alpha value is -0.790. The fraction of sp³-hybridized carbons (Fsp3) is 0.893. The average Bonchev–Trinajstić information content (AvgIpc) is 2.73. The van der Waals surface area contributed by atoms with Crippen molar-refractivity contribution in [3.05, 3.63) is 12.2 Å². The average molecular weight is 423 g/mol. The lowest BCUT2D eigenvalue weighted by atomic mass is 9.96. The van der Waals surface area contributed by atoms with Gasteiger partial charge >= 0.3 is 5.97 Å². The number of esters is 1. The van der Waals surface area contributed by atoms with Crippen molar-refractivity contribution < 1.29 is 9.53 Å². The maximum Gasteiger partial charge on any atom is 0.333 e. The van der Waals surface area contributed by atoms with Crippen LogP contribution in [0.25, 0.3) is 0 Å². The Morgan fingerprint density at radius 1 is 0.667 bits per heavy atom. The Kier molecular flexibility index (Phi) is 22.3. The van der Waals surface area contributed by atoms with Gasteiger partial charge in [-0.05, 0) is 19.3 Å². The van der Waals surface area contributed by atoms with Crippen LogP contribution in [0.15, 0.2) is 12.2 Å². The van der Waals surface area contributed by atoms with E-state index in [0.717, 1.165) is 18.8 Å². The van der Waals surface area contributed by atoms with Gasteiger partial charge in [0, 0.05) is 5.57 Å². The standard InChI is InChI=1S/C28H54O2/c1-5-6-7-8-9-10-11-12-13-14-17-20-23-27(4)24-21-18-15-16-19-22-25-30-28(29)26(2)3/h27H,2,5-25H2,1,3-4H3. The second kappa shape index (κ2) is 22.9. The fourth-order valence-corrected chi connectivity index (χ4v) is 4.07. The van der Waals surface area contributed by atoms with E-state index in [1.54, 1.807) is 6.92 Å². The van der Waals surface area contributed by atoms with Gasteiger partial charge in [0.25, 0.3) is 0 Å². The van der Waals surface area contributed by atoms with Crippen molar-refractivity contribution in [2.45, 2.75) is 149 Å². The molecule has 0 heterocycles. The summed E-state index contributed by atoms with van der Waals surface area (Å²) in [4.78, 5) is 11.3. The molecule has 2 nitrogen and oxygen atoms in total. The molecule has 30 heavy (non-hydrogen) atoms. The van der Waals surface area contributed by atoms with E-state index in [0.29, 0.717) is 12.2 Å². The summed E-state index contributed by atoms with van der Waals surface area (Å²) >= 11 is 0. The number of carbonyl (C=O) groups excluding carboxylic acids is 1. The molecule has 0 N–H and O–H groups in total. The highest BCUT2D eigenvalue weighted by molar-refractivity contribution is 5.86. The summed E-state index contributed by atoms with van der Waals surface area (Å²) in [5.41, 5.74) is 0.493. The number of carbonyl (C=O) groups is 1. The molecular weight excluding hydrogens is 368 g/mol. The molecule has 1 unspecified atom stereocenters. The maximum atomic E-state index is 11.3. The molecule has 0 aliphatic rings. The largest absolute Gasteiger partial charge is 0.462 e. The van der Waals surface area contributed by atoms with Crippen LogP contribution < -0.4 is 0 Å². The SMILES string of the molecule is C=C(C)C(=O)OCCCCCCCCC(C)CCCCCCCCCCCCCC.